The molecule has 1 atom stereocenters. The first-order valence-electron chi connectivity index (χ1n) is 9.09. The quantitative estimate of drug-likeness (QED) is 0.713. The maximum absolute atomic E-state index is 12.4. The summed E-state index contributed by atoms with van der Waals surface area (Å²) in [6.45, 7) is 7.49. The molecule has 1 N–H and O–H groups in total. The van der Waals surface area contributed by atoms with E-state index in [-0.39, 0.29) is 12.0 Å². The molecule has 134 valence electrons. The predicted octanol–water partition coefficient (Wildman–Crippen LogP) is 3.30. The molecule has 1 amide bonds. The summed E-state index contributed by atoms with van der Waals surface area (Å²) in [7, 11) is 0. The van der Waals surface area contributed by atoms with Crippen LogP contribution in [0.1, 0.15) is 39.5 Å². The van der Waals surface area contributed by atoms with Crippen LogP contribution in [0.25, 0.3) is 0 Å². The number of hydrogen-bond donors (Lipinski definition) is 1. The van der Waals surface area contributed by atoms with Crippen LogP contribution in [0.4, 0.5) is 5.69 Å². The summed E-state index contributed by atoms with van der Waals surface area (Å²) < 4.78 is 11.5. The van der Waals surface area contributed by atoms with E-state index >= 15 is 0 Å². The molecule has 0 spiro atoms. The summed E-state index contributed by atoms with van der Waals surface area (Å²) in [5.41, 5.74) is 0.858. The van der Waals surface area contributed by atoms with Crippen LogP contribution >= 0.6 is 0 Å². The summed E-state index contributed by atoms with van der Waals surface area (Å²) in [5.74, 6) is 0.908. The number of amides is 1. The van der Waals surface area contributed by atoms with Crippen LogP contribution in [-0.2, 0) is 9.53 Å². The molecule has 1 heterocycles. The predicted molar refractivity (Wildman–Crippen MR) is 96.6 cm³/mol. The smallest absolute Gasteiger partial charge is 0.241 e. The zero-order chi connectivity index (χ0) is 17.2. The van der Waals surface area contributed by atoms with Gasteiger partial charge in [0.1, 0.15) is 12.4 Å². The van der Waals surface area contributed by atoms with E-state index in [0.717, 1.165) is 56.8 Å². The van der Waals surface area contributed by atoms with Gasteiger partial charge in [0.2, 0.25) is 5.91 Å². The third-order valence-electron chi connectivity index (χ3n) is 4.11. The van der Waals surface area contributed by atoms with E-state index in [1.165, 1.54) is 0 Å². The molecule has 2 rings (SSSR count). The highest BCUT2D eigenvalue weighted by Gasteiger charge is 2.17. The van der Waals surface area contributed by atoms with Crippen molar-refractivity contribution < 1.29 is 14.3 Å². The number of hydrogen-bond acceptors (Lipinski definition) is 4. The second-order valence-electron chi connectivity index (χ2n) is 6.18. The lowest BCUT2D eigenvalue weighted by atomic mass is 10.2. The Morgan fingerprint density at radius 2 is 2.04 bits per heavy atom. The first-order chi connectivity index (χ1) is 11.7. The van der Waals surface area contributed by atoms with Crippen LogP contribution in [0.5, 0.6) is 5.75 Å². The fourth-order valence-electron chi connectivity index (χ4n) is 2.88. The average Bonchev–Trinajstić information content (AvgIpc) is 3.12. The van der Waals surface area contributed by atoms with Crippen LogP contribution in [0.2, 0.25) is 0 Å². The topological polar surface area (TPSA) is 50.8 Å². The van der Waals surface area contributed by atoms with E-state index in [4.69, 9.17) is 9.47 Å². The lowest BCUT2D eigenvalue weighted by molar-refractivity contribution is -0.129. The second kappa shape index (κ2) is 10.2. The minimum absolute atomic E-state index is 0.132. The molecule has 0 saturated carbocycles. The van der Waals surface area contributed by atoms with Crippen LogP contribution in [-0.4, -0.2) is 49.8 Å². The van der Waals surface area contributed by atoms with Crippen molar-refractivity contribution in [1.82, 2.24) is 4.90 Å². The Labute approximate surface area is 145 Å². The van der Waals surface area contributed by atoms with Crippen molar-refractivity contribution in [3.63, 3.8) is 0 Å². The number of carbonyl (C=O) groups excluding carboxylic acids is 1. The molecule has 1 saturated heterocycles. The zero-order valence-corrected chi connectivity index (χ0v) is 14.9. The number of rotatable bonds is 10. The Morgan fingerprint density at radius 1 is 1.29 bits per heavy atom. The van der Waals surface area contributed by atoms with E-state index in [1.807, 2.05) is 29.2 Å². The molecule has 1 fully saturated rings. The standard InChI is InChI=1S/C19H30N2O3/c1-3-11-21(12-4-2)19(22)14-20-17-9-5-6-10-18(17)24-15-16-8-7-13-23-16/h5-6,9-10,16,20H,3-4,7-8,11-15H2,1-2H3. The van der Waals surface area contributed by atoms with Gasteiger partial charge >= 0.3 is 0 Å². The number of benzene rings is 1. The van der Waals surface area contributed by atoms with Crippen molar-refractivity contribution in [1.29, 1.82) is 0 Å². The molecule has 0 aromatic heterocycles. The number of ether oxygens (including phenoxy) is 2. The number of anilines is 1. The van der Waals surface area contributed by atoms with Crippen molar-refractivity contribution in [2.45, 2.75) is 45.6 Å². The van der Waals surface area contributed by atoms with Crippen molar-refractivity contribution in [3.8, 4) is 5.75 Å². The minimum Gasteiger partial charge on any atom is -0.489 e. The van der Waals surface area contributed by atoms with E-state index in [2.05, 4.69) is 19.2 Å². The van der Waals surface area contributed by atoms with E-state index in [1.54, 1.807) is 0 Å². The maximum atomic E-state index is 12.4. The number of nitrogens with zero attached hydrogens (tertiary/aromatic N) is 1. The molecule has 1 unspecified atom stereocenters. The number of para-hydroxylation sites is 2. The van der Waals surface area contributed by atoms with Crippen LogP contribution < -0.4 is 10.1 Å². The average molecular weight is 334 g/mol. The first-order valence-corrected chi connectivity index (χ1v) is 9.09. The molecule has 0 radical (unpaired) electrons. The maximum Gasteiger partial charge on any atom is 0.241 e. The molecular weight excluding hydrogens is 304 g/mol. The highest BCUT2D eigenvalue weighted by molar-refractivity contribution is 5.81. The van der Waals surface area contributed by atoms with Crippen molar-refractivity contribution in [3.05, 3.63) is 24.3 Å². The lowest BCUT2D eigenvalue weighted by Crippen LogP contribution is -2.36. The number of nitrogens with one attached hydrogen (secondary N) is 1. The Kier molecular flexibility index (Phi) is 7.89. The summed E-state index contributed by atoms with van der Waals surface area (Å²) in [6.07, 6.45) is 4.30. The molecule has 5 nitrogen and oxygen atoms in total. The van der Waals surface area contributed by atoms with Gasteiger partial charge in [-0.1, -0.05) is 26.0 Å². The second-order valence-corrected chi connectivity index (χ2v) is 6.18. The van der Waals surface area contributed by atoms with E-state index in [9.17, 15) is 4.79 Å². The summed E-state index contributed by atoms with van der Waals surface area (Å²) in [5, 5.41) is 3.23. The van der Waals surface area contributed by atoms with Gasteiger partial charge in [-0.15, -0.1) is 0 Å². The minimum atomic E-state index is 0.132. The van der Waals surface area contributed by atoms with Crippen LogP contribution in [0.15, 0.2) is 24.3 Å². The monoisotopic (exact) mass is 334 g/mol. The SMILES string of the molecule is CCCN(CCC)C(=O)CNc1ccccc1OCC1CCCO1. The Hall–Kier alpha value is -1.75. The summed E-state index contributed by atoms with van der Waals surface area (Å²) in [6, 6.07) is 7.76. The Balaban J connectivity index is 1.87. The highest BCUT2D eigenvalue weighted by atomic mass is 16.5. The third-order valence-corrected chi connectivity index (χ3v) is 4.11. The third kappa shape index (κ3) is 5.71. The van der Waals surface area contributed by atoms with Gasteiger partial charge < -0.3 is 19.7 Å². The Morgan fingerprint density at radius 3 is 2.71 bits per heavy atom. The van der Waals surface area contributed by atoms with Gasteiger partial charge in [-0.25, -0.2) is 0 Å². The van der Waals surface area contributed by atoms with E-state index < -0.39 is 0 Å². The largest absolute Gasteiger partial charge is 0.489 e. The van der Waals surface area contributed by atoms with Gasteiger partial charge in [0.15, 0.2) is 0 Å². The molecule has 24 heavy (non-hydrogen) atoms. The fraction of sp³-hybridized carbons (Fsp3) is 0.632. The zero-order valence-electron chi connectivity index (χ0n) is 14.9. The normalized spacial score (nSPS) is 16.8. The van der Waals surface area contributed by atoms with Gasteiger partial charge in [0.05, 0.1) is 18.3 Å². The molecule has 1 aromatic carbocycles. The fourth-order valence-corrected chi connectivity index (χ4v) is 2.88. The highest BCUT2D eigenvalue weighted by Crippen LogP contribution is 2.25. The van der Waals surface area contributed by atoms with Gasteiger partial charge in [-0.3, -0.25) is 4.79 Å². The molecule has 1 aromatic rings. The van der Waals surface area contributed by atoms with Crippen molar-refractivity contribution in [2.75, 3.05) is 38.2 Å². The molecule has 1 aliphatic rings. The summed E-state index contributed by atoms with van der Waals surface area (Å²) >= 11 is 0. The molecule has 1 aliphatic heterocycles. The van der Waals surface area contributed by atoms with E-state index in [0.29, 0.717) is 13.2 Å². The number of carbonyl (C=O) groups is 1. The van der Waals surface area contributed by atoms with Crippen LogP contribution in [0.3, 0.4) is 0 Å². The Bertz CT molecular complexity index is 495. The molecule has 0 bridgehead atoms. The lowest BCUT2D eigenvalue weighted by Gasteiger charge is -2.22. The molecule has 0 aliphatic carbocycles. The first kappa shape index (κ1) is 18.6. The molecular formula is C19H30N2O3. The van der Waals surface area contributed by atoms with Gasteiger partial charge in [0, 0.05) is 19.7 Å². The van der Waals surface area contributed by atoms with Crippen molar-refractivity contribution >= 4 is 11.6 Å². The van der Waals surface area contributed by atoms with Gasteiger partial charge in [-0.05, 0) is 37.8 Å². The van der Waals surface area contributed by atoms with Crippen LogP contribution in [0, 0.1) is 0 Å². The summed E-state index contributed by atoms with van der Waals surface area (Å²) in [4.78, 5) is 14.3. The molecule has 5 heteroatoms. The van der Waals surface area contributed by atoms with Gasteiger partial charge in [0.25, 0.3) is 0 Å². The van der Waals surface area contributed by atoms with Gasteiger partial charge in [-0.2, -0.15) is 0 Å². The van der Waals surface area contributed by atoms with Crippen molar-refractivity contribution in [2.24, 2.45) is 0 Å².